The zero-order chi connectivity index (χ0) is 13.9. The first kappa shape index (κ1) is 13.4. The normalized spacial score (nSPS) is 20.4. The van der Waals surface area contributed by atoms with Gasteiger partial charge in [0.15, 0.2) is 0 Å². The molecule has 1 aliphatic heterocycles. The van der Waals surface area contributed by atoms with E-state index >= 15 is 0 Å². The minimum Gasteiger partial charge on any atom is -0.366 e. The SMILES string of the molecule is N=C(C1CCCC1)N1CCN(c2ccccc2F)CC1. The Morgan fingerprint density at radius 3 is 2.35 bits per heavy atom. The van der Waals surface area contributed by atoms with E-state index in [4.69, 9.17) is 5.41 Å². The predicted octanol–water partition coefficient (Wildman–Crippen LogP) is 3.12. The van der Waals surface area contributed by atoms with Crippen molar-refractivity contribution in [1.82, 2.24) is 4.90 Å². The number of amidine groups is 1. The Morgan fingerprint density at radius 2 is 1.70 bits per heavy atom. The van der Waals surface area contributed by atoms with Crippen LogP contribution in [0.3, 0.4) is 0 Å². The molecule has 0 unspecified atom stereocenters. The van der Waals surface area contributed by atoms with Crippen molar-refractivity contribution in [3.05, 3.63) is 30.1 Å². The van der Waals surface area contributed by atoms with Crippen LogP contribution in [0.1, 0.15) is 25.7 Å². The van der Waals surface area contributed by atoms with Crippen molar-refractivity contribution in [3.63, 3.8) is 0 Å². The molecule has 108 valence electrons. The fourth-order valence-electron chi connectivity index (χ4n) is 3.35. The summed E-state index contributed by atoms with van der Waals surface area (Å²) in [5.41, 5.74) is 0.694. The first-order valence-electron chi connectivity index (χ1n) is 7.58. The number of nitrogens with zero attached hydrogens (tertiary/aromatic N) is 2. The lowest BCUT2D eigenvalue weighted by molar-refractivity contribution is 0.361. The molecule has 1 aromatic carbocycles. The standard InChI is InChI=1S/C16H22FN3/c17-14-7-3-4-8-15(14)19-9-11-20(12-10-19)16(18)13-5-1-2-6-13/h3-4,7-8,13,18H,1-2,5-6,9-12H2. The molecule has 0 atom stereocenters. The number of nitrogens with one attached hydrogen (secondary N) is 1. The maximum atomic E-state index is 13.8. The highest BCUT2D eigenvalue weighted by molar-refractivity contribution is 5.82. The van der Waals surface area contributed by atoms with Gasteiger partial charge in [-0.05, 0) is 25.0 Å². The molecule has 1 aromatic rings. The van der Waals surface area contributed by atoms with Crippen molar-refractivity contribution in [1.29, 1.82) is 5.41 Å². The van der Waals surface area contributed by atoms with E-state index in [9.17, 15) is 4.39 Å². The maximum Gasteiger partial charge on any atom is 0.146 e. The van der Waals surface area contributed by atoms with Crippen molar-refractivity contribution in [3.8, 4) is 0 Å². The van der Waals surface area contributed by atoms with Crippen LogP contribution in [-0.4, -0.2) is 36.9 Å². The van der Waals surface area contributed by atoms with Crippen LogP contribution in [0.5, 0.6) is 0 Å². The van der Waals surface area contributed by atoms with Crippen molar-refractivity contribution in [2.24, 2.45) is 5.92 Å². The van der Waals surface area contributed by atoms with Crippen LogP contribution in [0.4, 0.5) is 10.1 Å². The molecule has 0 spiro atoms. The molecule has 2 aliphatic rings. The van der Waals surface area contributed by atoms with Crippen molar-refractivity contribution < 1.29 is 4.39 Å². The molecule has 0 aromatic heterocycles. The summed E-state index contributed by atoms with van der Waals surface area (Å²) in [6, 6.07) is 6.96. The Bertz CT molecular complexity index is 474. The zero-order valence-corrected chi connectivity index (χ0v) is 11.8. The molecule has 20 heavy (non-hydrogen) atoms. The van der Waals surface area contributed by atoms with Gasteiger partial charge in [-0.25, -0.2) is 4.39 Å². The number of benzene rings is 1. The number of para-hydroxylation sites is 1. The molecule has 1 heterocycles. The van der Waals surface area contributed by atoms with Gasteiger partial charge < -0.3 is 9.80 Å². The van der Waals surface area contributed by atoms with E-state index in [1.807, 2.05) is 12.1 Å². The van der Waals surface area contributed by atoms with Gasteiger partial charge in [-0.3, -0.25) is 5.41 Å². The Morgan fingerprint density at radius 1 is 1.05 bits per heavy atom. The van der Waals surface area contributed by atoms with Gasteiger partial charge in [0.25, 0.3) is 0 Å². The highest BCUT2D eigenvalue weighted by atomic mass is 19.1. The molecule has 0 amide bonds. The largest absolute Gasteiger partial charge is 0.366 e. The third-order valence-corrected chi connectivity index (χ3v) is 4.56. The number of halogens is 1. The molecule has 2 fully saturated rings. The van der Waals surface area contributed by atoms with Crippen molar-refractivity contribution in [2.75, 3.05) is 31.1 Å². The monoisotopic (exact) mass is 275 g/mol. The fourth-order valence-corrected chi connectivity index (χ4v) is 3.35. The zero-order valence-electron chi connectivity index (χ0n) is 11.8. The van der Waals surface area contributed by atoms with Crippen LogP contribution < -0.4 is 4.90 Å². The second kappa shape index (κ2) is 5.81. The van der Waals surface area contributed by atoms with Gasteiger partial charge in [-0.15, -0.1) is 0 Å². The quantitative estimate of drug-likeness (QED) is 0.664. The van der Waals surface area contributed by atoms with Gasteiger partial charge >= 0.3 is 0 Å². The topological polar surface area (TPSA) is 30.3 Å². The van der Waals surface area contributed by atoms with Crippen molar-refractivity contribution in [2.45, 2.75) is 25.7 Å². The van der Waals surface area contributed by atoms with E-state index < -0.39 is 0 Å². The summed E-state index contributed by atoms with van der Waals surface area (Å²) >= 11 is 0. The maximum absolute atomic E-state index is 13.8. The summed E-state index contributed by atoms with van der Waals surface area (Å²) in [5.74, 6) is 1.14. The second-order valence-electron chi connectivity index (χ2n) is 5.79. The number of hydrogen-bond donors (Lipinski definition) is 1. The molecule has 3 nitrogen and oxygen atoms in total. The fraction of sp³-hybridized carbons (Fsp3) is 0.562. The van der Waals surface area contributed by atoms with E-state index in [1.54, 1.807) is 6.07 Å². The van der Waals surface area contributed by atoms with Gasteiger partial charge in [-0.2, -0.15) is 0 Å². The number of rotatable bonds is 2. The molecule has 1 saturated heterocycles. The van der Waals surface area contributed by atoms with Gasteiger partial charge in [0.2, 0.25) is 0 Å². The van der Waals surface area contributed by atoms with Gasteiger partial charge in [0, 0.05) is 32.1 Å². The van der Waals surface area contributed by atoms with E-state index in [0.29, 0.717) is 11.6 Å². The molecule has 4 heteroatoms. The summed E-state index contributed by atoms with van der Waals surface area (Å²) in [7, 11) is 0. The Balaban J connectivity index is 1.59. The molecular formula is C16H22FN3. The third-order valence-electron chi connectivity index (χ3n) is 4.56. The average molecular weight is 275 g/mol. The first-order valence-corrected chi connectivity index (χ1v) is 7.58. The summed E-state index contributed by atoms with van der Waals surface area (Å²) < 4.78 is 13.8. The lowest BCUT2D eigenvalue weighted by Gasteiger charge is -2.38. The van der Waals surface area contributed by atoms with Gasteiger partial charge in [0.05, 0.1) is 11.5 Å². The number of anilines is 1. The minimum atomic E-state index is -0.146. The lowest BCUT2D eigenvalue weighted by atomic mass is 10.1. The third kappa shape index (κ3) is 2.65. The Labute approximate surface area is 119 Å². The van der Waals surface area contributed by atoms with E-state index in [-0.39, 0.29) is 5.82 Å². The molecule has 3 rings (SSSR count). The van der Waals surface area contributed by atoms with Crippen LogP contribution in [0.2, 0.25) is 0 Å². The molecular weight excluding hydrogens is 253 g/mol. The van der Waals surface area contributed by atoms with E-state index in [0.717, 1.165) is 32.0 Å². The molecule has 1 saturated carbocycles. The second-order valence-corrected chi connectivity index (χ2v) is 5.79. The van der Waals surface area contributed by atoms with E-state index in [2.05, 4.69) is 9.80 Å². The summed E-state index contributed by atoms with van der Waals surface area (Å²) in [6.45, 7) is 3.28. The molecule has 0 bridgehead atoms. The highest BCUT2D eigenvalue weighted by Gasteiger charge is 2.27. The summed E-state index contributed by atoms with van der Waals surface area (Å²) in [4.78, 5) is 4.28. The van der Waals surface area contributed by atoms with E-state index in [1.165, 1.54) is 31.7 Å². The van der Waals surface area contributed by atoms with Crippen LogP contribution in [0, 0.1) is 17.1 Å². The Kier molecular flexibility index (Phi) is 3.90. The molecule has 1 N–H and O–H groups in total. The minimum absolute atomic E-state index is 0.146. The summed E-state index contributed by atoms with van der Waals surface area (Å²) in [6.07, 6.45) is 4.88. The van der Waals surface area contributed by atoms with Gasteiger partial charge in [-0.1, -0.05) is 25.0 Å². The van der Waals surface area contributed by atoms with Crippen LogP contribution >= 0.6 is 0 Å². The highest BCUT2D eigenvalue weighted by Crippen LogP contribution is 2.28. The van der Waals surface area contributed by atoms with Crippen LogP contribution in [-0.2, 0) is 0 Å². The number of hydrogen-bond acceptors (Lipinski definition) is 2. The number of piperazine rings is 1. The van der Waals surface area contributed by atoms with Crippen LogP contribution in [0.25, 0.3) is 0 Å². The Hall–Kier alpha value is -1.58. The predicted molar refractivity (Wildman–Crippen MR) is 79.9 cm³/mol. The lowest BCUT2D eigenvalue weighted by Crippen LogP contribution is -2.50. The smallest absolute Gasteiger partial charge is 0.146 e. The molecule has 1 aliphatic carbocycles. The first-order chi connectivity index (χ1) is 9.75. The molecule has 0 radical (unpaired) electrons. The van der Waals surface area contributed by atoms with Crippen LogP contribution in [0.15, 0.2) is 24.3 Å². The van der Waals surface area contributed by atoms with Crippen molar-refractivity contribution >= 4 is 11.5 Å². The average Bonchev–Trinajstić information content (AvgIpc) is 3.01. The van der Waals surface area contributed by atoms with Gasteiger partial charge in [0.1, 0.15) is 5.82 Å². The summed E-state index contributed by atoms with van der Waals surface area (Å²) in [5, 5.41) is 8.33.